The zero-order chi connectivity index (χ0) is 17.2. The van der Waals surface area contributed by atoms with Gasteiger partial charge in [0.2, 0.25) is 5.69 Å². The molecule has 0 fully saturated rings. The van der Waals surface area contributed by atoms with Gasteiger partial charge in [0, 0.05) is 18.0 Å². The first-order chi connectivity index (χ1) is 11.1. The van der Waals surface area contributed by atoms with Gasteiger partial charge in [0.15, 0.2) is 0 Å². The molecule has 23 heavy (non-hydrogen) atoms. The van der Waals surface area contributed by atoms with E-state index in [1.165, 1.54) is 11.3 Å². The Balaban J connectivity index is 3.28. The third-order valence-electron chi connectivity index (χ3n) is 3.61. The molecule has 0 aliphatic heterocycles. The summed E-state index contributed by atoms with van der Waals surface area (Å²) in [7, 11) is 0. The maximum atomic E-state index is 8.95. The number of thiophene rings is 1. The molecule has 1 aromatic heterocycles. The summed E-state index contributed by atoms with van der Waals surface area (Å²) < 4.78 is 0. The van der Waals surface area contributed by atoms with Crippen LogP contribution in [0.4, 0.5) is 10.7 Å². The van der Waals surface area contributed by atoms with E-state index in [-0.39, 0.29) is 5.57 Å². The molecule has 120 valence electrons. The van der Waals surface area contributed by atoms with E-state index in [2.05, 4.69) is 23.6 Å². The Morgan fingerprint density at radius 1 is 1.22 bits per heavy atom. The number of nitrogens with zero attached hydrogens (tertiary/aromatic N) is 4. The van der Waals surface area contributed by atoms with Gasteiger partial charge in [-0.1, -0.05) is 26.7 Å². The molecular formula is C18H22N4S. The van der Waals surface area contributed by atoms with Crippen molar-refractivity contribution in [1.82, 2.24) is 0 Å². The molecule has 0 N–H and O–H groups in total. The van der Waals surface area contributed by atoms with Crippen LogP contribution in [0, 0.1) is 36.2 Å². The van der Waals surface area contributed by atoms with Crippen LogP contribution in [0.15, 0.2) is 5.57 Å². The van der Waals surface area contributed by atoms with Gasteiger partial charge >= 0.3 is 0 Å². The lowest BCUT2D eigenvalue weighted by molar-refractivity contribution is 0.682. The molecular weight excluding hydrogens is 304 g/mol. The molecule has 0 saturated carbocycles. The lowest BCUT2D eigenvalue weighted by Gasteiger charge is -2.23. The van der Waals surface area contributed by atoms with Crippen molar-refractivity contribution in [2.75, 3.05) is 18.0 Å². The molecule has 0 aromatic carbocycles. The highest BCUT2D eigenvalue weighted by molar-refractivity contribution is 7.18. The average molecular weight is 326 g/mol. The van der Waals surface area contributed by atoms with Crippen LogP contribution in [0.25, 0.3) is 10.9 Å². The first-order valence-electron chi connectivity index (χ1n) is 7.90. The molecule has 0 saturated heterocycles. The Labute approximate surface area is 143 Å². The monoisotopic (exact) mass is 326 g/mol. The Kier molecular flexibility index (Phi) is 7.89. The van der Waals surface area contributed by atoms with Gasteiger partial charge in [-0.25, -0.2) is 4.85 Å². The fraction of sp³-hybridized carbons (Fsp3) is 0.500. The second kappa shape index (κ2) is 9.67. The van der Waals surface area contributed by atoms with Gasteiger partial charge in [-0.3, -0.25) is 0 Å². The van der Waals surface area contributed by atoms with E-state index in [4.69, 9.17) is 17.1 Å². The zero-order valence-electron chi connectivity index (χ0n) is 14.0. The Bertz CT molecular complexity index is 656. The van der Waals surface area contributed by atoms with Crippen LogP contribution in [-0.4, -0.2) is 13.1 Å². The number of unbranched alkanes of at least 4 members (excludes halogenated alkanes) is 2. The molecule has 0 spiro atoms. The Morgan fingerprint density at radius 3 is 2.22 bits per heavy atom. The van der Waals surface area contributed by atoms with Crippen LogP contribution >= 0.6 is 11.3 Å². The molecule has 0 radical (unpaired) electrons. The fourth-order valence-electron chi connectivity index (χ4n) is 2.22. The summed E-state index contributed by atoms with van der Waals surface area (Å²) in [5, 5.41) is 18.9. The lowest BCUT2D eigenvalue weighted by Crippen LogP contribution is -2.24. The summed E-state index contributed by atoms with van der Waals surface area (Å²) in [6, 6.07) is 3.78. The van der Waals surface area contributed by atoms with Crippen molar-refractivity contribution in [1.29, 1.82) is 10.5 Å². The predicted molar refractivity (Wildman–Crippen MR) is 96.6 cm³/mol. The summed E-state index contributed by atoms with van der Waals surface area (Å²) in [4.78, 5) is 6.83. The van der Waals surface area contributed by atoms with Crippen molar-refractivity contribution in [3.63, 3.8) is 0 Å². The molecule has 0 atom stereocenters. The minimum absolute atomic E-state index is 0.0751. The highest BCUT2D eigenvalue weighted by atomic mass is 32.1. The van der Waals surface area contributed by atoms with Crippen molar-refractivity contribution in [2.45, 2.75) is 46.5 Å². The molecule has 0 amide bonds. The summed E-state index contributed by atoms with van der Waals surface area (Å²) >= 11 is 1.51. The smallest absolute Gasteiger partial charge is 0.224 e. The highest BCUT2D eigenvalue weighted by Gasteiger charge is 2.19. The number of hydrogen-bond donors (Lipinski definition) is 0. The first-order valence-corrected chi connectivity index (χ1v) is 8.72. The molecule has 1 aromatic rings. The molecule has 0 unspecified atom stereocenters. The van der Waals surface area contributed by atoms with Gasteiger partial charge < -0.3 is 4.90 Å². The number of hydrogen-bond acceptors (Lipinski definition) is 4. The van der Waals surface area contributed by atoms with Crippen molar-refractivity contribution >= 4 is 28.1 Å². The van der Waals surface area contributed by atoms with Crippen molar-refractivity contribution in [3.05, 3.63) is 27.4 Å². The molecule has 1 heterocycles. The van der Waals surface area contributed by atoms with Crippen molar-refractivity contribution in [3.8, 4) is 12.1 Å². The van der Waals surface area contributed by atoms with E-state index < -0.39 is 0 Å². The largest absolute Gasteiger partial charge is 0.372 e. The molecule has 1 rings (SSSR count). The normalized spacial score (nSPS) is 9.57. The average Bonchev–Trinajstić information content (AvgIpc) is 2.88. The molecule has 5 heteroatoms. The van der Waals surface area contributed by atoms with Gasteiger partial charge in [-0.2, -0.15) is 10.5 Å². The summed E-state index contributed by atoms with van der Waals surface area (Å²) in [6.45, 7) is 15.6. The third kappa shape index (κ3) is 4.85. The summed E-state index contributed by atoms with van der Waals surface area (Å²) in [5.41, 5.74) is 1.59. The van der Waals surface area contributed by atoms with Crippen LogP contribution in [0.5, 0.6) is 0 Å². The summed E-state index contributed by atoms with van der Waals surface area (Å²) in [5.74, 6) is 0. The molecule has 0 aliphatic rings. The van der Waals surface area contributed by atoms with E-state index in [1.807, 2.05) is 19.1 Å². The van der Waals surface area contributed by atoms with Crippen LogP contribution in [0.3, 0.4) is 0 Å². The minimum Gasteiger partial charge on any atom is -0.372 e. The van der Waals surface area contributed by atoms with E-state index in [9.17, 15) is 0 Å². The van der Waals surface area contributed by atoms with Crippen LogP contribution in [0.2, 0.25) is 0 Å². The Morgan fingerprint density at radius 2 is 1.78 bits per heavy atom. The van der Waals surface area contributed by atoms with Crippen LogP contribution in [-0.2, 0) is 0 Å². The molecule has 4 nitrogen and oxygen atoms in total. The second-order valence-electron chi connectivity index (χ2n) is 5.33. The number of allylic oxidation sites excluding steroid dienone is 1. The Hall–Kier alpha value is -2.29. The van der Waals surface area contributed by atoms with E-state index in [0.717, 1.165) is 54.2 Å². The number of nitriles is 2. The maximum absolute atomic E-state index is 8.95. The van der Waals surface area contributed by atoms with E-state index >= 15 is 0 Å². The maximum Gasteiger partial charge on any atom is 0.224 e. The fourth-order valence-corrected chi connectivity index (χ4v) is 3.47. The predicted octanol–water partition coefficient (Wildman–Crippen LogP) is 5.44. The summed E-state index contributed by atoms with van der Waals surface area (Å²) in [6.07, 6.45) is 5.99. The second-order valence-corrected chi connectivity index (χ2v) is 6.36. The van der Waals surface area contributed by atoms with Crippen LogP contribution < -0.4 is 4.90 Å². The quantitative estimate of drug-likeness (QED) is 0.472. The van der Waals surface area contributed by atoms with Crippen molar-refractivity contribution < 1.29 is 0 Å². The first kappa shape index (κ1) is 18.8. The van der Waals surface area contributed by atoms with Crippen LogP contribution in [0.1, 0.15) is 50.0 Å². The van der Waals surface area contributed by atoms with Gasteiger partial charge in [0.1, 0.15) is 17.7 Å². The number of anilines is 1. The highest BCUT2D eigenvalue weighted by Crippen LogP contribution is 2.43. The SMILES string of the molecule is [C-]#[N+]c1c(N(CCCC)CCCC)sc(C=C(C#N)C#N)c1C. The number of rotatable bonds is 8. The van der Waals surface area contributed by atoms with Gasteiger partial charge in [0.05, 0.1) is 11.6 Å². The van der Waals surface area contributed by atoms with E-state index in [1.54, 1.807) is 6.08 Å². The van der Waals surface area contributed by atoms with E-state index in [0.29, 0.717) is 5.69 Å². The lowest BCUT2D eigenvalue weighted by atomic mass is 10.2. The molecule has 0 aliphatic carbocycles. The van der Waals surface area contributed by atoms with Gasteiger partial charge in [-0.15, -0.1) is 11.3 Å². The minimum atomic E-state index is 0.0751. The van der Waals surface area contributed by atoms with Gasteiger partial charge in [-0.05, 0) is 31.4 Å². The molecule has 0 bridgehead atoms. The standard InChI is InChI=1S/C18H22N4S/c1-5-7-9-22(10-8-6-2)18-17(21-4)14(3)16(23-18)11-15(12-19)13-20/h11H,5-10H2,1-3H3. The topological polar surface area (TPSA) is 55.2 Å². The van der Waals surface area contributed by atoms with Gasteiger partial charge in [0.25, 0.3) is 0 Å². The third-order valence-corrected chi connectivity index (χ3v) is 4.90. The van der Waals surface area contributed by atoms with Crippen molar-refractivity contribution in [2.24, 2.45) is 0 Å². The zero-order valence-corrected chi connectivity index (χ0v) is 14.8.